The first-order chi connectivity index (χ1) is 11.2. The molecule has 0 fully saturated rings. The highest BCUT2D eigenvalue weighted by Gasteiger charge is 2.41. The molecule has 1 aliphatic heterocycles. The van der Waals surface area contributed by atoms with Crippen LogP contribution in [0.3, 0.4) is 0 Å². The van der Waals surface area contributed by atoms with Gasteiger partial charge in [-0.05, 0) is 18.9 Å². The fraction of sp³-hybridized carbons (Fsp3) is 0.368. The molecule has 4 heteroatoms. The minimum atomic E-state index is -0.476. The number of hydrogen-bond donors (Lipinski definition) is 1. The van der Waals surface area contributed by atoms with Crippen LogP contribution in [0.4, 0.5) is 0 Å². The van der Waals surface area contributed by atoms with E-state index >= 15 is 0 Å². The first-order valence-electron chi connectivity index (χ1n) is 8.15. The Morgan fingerprint density at radius 2 is 1.61 bits per heavy atom. The van der Waals surface area contributed by atoms with Gasteiger partial charge in [-0.3, -0.25) is 9.59 Å². The summed E-state index contributed by atoms with van der Waals surface area (Å²) in [5.74, 6) is 0.988. The highest BCUT2D eigenvalue weighted by atomic mass is 16.5. The van der Waals surface area contributed by atoms with Crippen molar-refractivity contribution >= 4 is 11.6 Å². The monoisotopic (exact) mass is 310 g/mol. The molecule has 0 radical (unpaired) electrons. The minimum absolute atomic E-state index is 0.0319. The molecule has 3 aliphatic rings. The van der Waals surface area contributed by atoms with Gasteiger partial charge in [0.15, 0.2) is 11.6 Å². The summed E-state index contributed by atoms with van der Waals surface area (Å²) in [5, 5.41) is 10.4. The van der Waals surface area contributed by atoms with Crippen LogP contribution in [0.2, 0.25) is 0 Å². The Hall–Kier alpha value is -2.36. The first-order valence-corrected chi connectivity index (χ1v) is 8.15. The van der Waals surface area contributed by atoms with E-state index in [-0.39, 0.29) is 17.3 Å². The van der Waals surface area contributed by atoms with Gasteiger partial charge in [-0.1, -0.05) is 18.2 Å². The van der Waals surface area contributed by atoms with Gasteiger partial charge < -0.3 is 9.84 Å². The number of carbonyl (C=O) groups is 2. The standard InChI is InChI=1S/C19H18O4/c20-12-6-3-7-13(21)18(12)17-11-5-1-2-9-15(11)23-16-10-4-8-14(22)19(16)17/h1-2,5,9,17,20H,3-4,6-8,10H2/t17-/m0/s1. The smallest absolute Gasteiger partial charge is 0.163 e. The molecule has 1 heterocycles. The zero-order valence-electron chi connectivity index (χ0n) is 12.8. The number of aliphatic hydroxyl groups excluding tert-OH is 1. The Kier molecular flexibility index (Phi) is 3.33. The summed E-state index contributed by atoms with van der Waals surface area (Å²) in [7, 11) is 0. The summed E-state index contributed by atoms with van der Waals surface area (Å²) >= 11 is 0. The number of para-hydroxylation sites is 1. The fourth-order valence-corrected chi connectivity index (χ4v) is 3.84. The summed E-state index contributed by atoms with van der Waals surface area (Å²) in [4.78, 5) is 25.1. The van der Waals surface area contributed by atoms with Crippen LogP contribution in [0, 0.1) is 0 Å². The van der Waals surface area contributed by atoms with Crippen LogP contribution in [0.15, 0.2) is 46.9 Å². The third kappa shape index (κ3) is 2.21. The summed E-state index contributed by atoms with van der Waals surface area (Å²) < 4.78 is 5.94. The molecular formula is C19H18O4. The molecule has 0 unspecified atom stereocenters. The first kappa shape index (κ1) is 14.2. The number of rotatable bonds is 1. The molecule has 1 atom stereocenters. The van der Waals surface area contributed by atoms with Crippen LogP contribution in [-0.4, -0.2) is 16.7 Å². The lowest BCUT2D eigenvalue weighted by atomic mass is 9.73. The third-order valence-corrected chi connectivity index (χ3v) is 4.88. The number of allylic oxidation sites excluding steroid dienone is 4. The lowest BCUT2D eigenvalue weighted by molar-refractivity contribution is -0.117. The van der Waals surface area contributed by atoms with E-state index in [9.17, 15) is 14.7 Å². The molecule has 1 aromatic carbocycles. The van der Waals surface area contributed by atoms with E-state index in [2.05, 4.69) is 0 Å². The molecular weight excluding hydrogens is 292 g/mol. The van der Waals surface area contributed by atoms with Crippen molar-refractivity contribution in [2.45, 2.75) is 44.4 Å². The van der Waals surface area contributed by atoms with E-state index in [1.807, 2.05) is 24.3 Å². The van der Waals surface area contributed by atoms with Gasteiger partial charge >= 0.3 is 0 Å². The van der Waals surface area contributed by atoms with Crippen LogP contribution in [0.5, 0.6) is 5.75 Å². The van der Waals surface area contributed by atoms with E-state index in [1.165, 1.54) is 0 Å². The largest absolute Gasteiger partial charge is 0.512 e. The van der Waals surface area contributed by atoms with Crippen LogP contribution >= 0.6 is 0 Å². The Morgan fingerprint density at radius 1 is 0.913 bits per heavy atom. The van der Waals surface area contributed by atoms with Crippen LogP contribution in [0.25, 0.3) is 0 Å². The maximum absolute atomic E-state index is 12.6. The van der Waals surface area contributed by atoms with Crippen molar-refractivity contribution in [3.05, 3.63) is 52.5 Å². The maximum Gasteiger partial charge on any atom is 0.163 e. The molecule has 23 heavy (non-hydrogen) atoms. The topological polar surface area (TPSA) is 63.6 Å². The number of benzene rings is 1. The van der Waals surface area contributed by atoms with E-state index < -0.39 is 5.92 Å². The number of hydrogen-bond acceptors (Lipinski definition) is 4. The molecule has 4 rings (SSSR count). The van der Waals surface area contributed by atoms with Gasteiger partial charge in [-0.2, -0.15) is 0 Å². The molecule has 0 saturated heterocycles. The summed E-state index contributed by atoms with van der Waals surface area (Å²) in [6.45, 7) is 0. The van der Waals surface area contributed by atoms with Crippen molar-refractivity contribution in [3.63, 3.8) is 0 Å². The number of Topliss-reactive ketones (excluding diaryl/α,β-unsaturated/α-hetero) is 2. The lowest BCUT2D eigenvalue weighted by Crippen LogP contribution is -2.29. The second-order valence-corrected chi connectivity index (χ2v) is 6.32. The zero-order chi connectivity index (χ0) is 16.0. The second-order valence-electron chi connectivity index (χ2n) is 6.32. The van der Waals surface area contributed by atoms with Crippen LogP contribution < -0.4 is 4.74 Å². The number of aliphatic hydroxyl groups is 1. The molecule has 0 aromatic heterocycles. The van der Waals surface area contributed by atoms with Gasteiger partial charge in [-0.25, -0.2) is 0 Å². The zero-order valence-corrected chi connectivity index (χ0v) is 12.8. The van der Waals surface area contributed by atoms with E-state index in [1.54, 1.807) is 0 Å². The average molecular weight is 310 g/mol. The van der Waals surface area contributed by atoms with Crippen molar-refractivity contribution in [2.24, 2.45) is 0 Å². The van der Waals surface area contributed by atoms with Crippen LogP contribution in [-0.2, 0) is 9.59 Å². The Morgan fingerprint density at radius 3 is 2.39 bits per heavy atom. The quantitative estimate of drug-likeness (QED) is 0.858. The second kappa shape index (κ2) is 5.37. The molecule has 4 nitrogen and oxygen atoms in total. The van der Waals surface area contributed by atoms with E-state index in [4.69, 9.17) is 4.74 Å². The highest BCUT2D eigenvalue weighted by Crippen LogP contribution is 2.48. The Labute approximate surface area is 134 Å². The summed E-state index contributed by atoms with van der Waals surface area (Å²) in [6, 6.07) is 7.49. The third-order valence-electron chi connectivity index (χ3n) is 4.88. The van der Waals surface area contributed by atoms with Gasteiger partial charge in [-0.15, -0.1) is 0 Å². The molecule has 1 N–H and O–H groups in total. The Balaban J connectivity index is 1.95. The maximum atomic E-state index is 12.6. The van der Waals surface area contributed by atoms with Gasteiger partial charge in [0.2, 0.25) is 0 Å². The molecule has 0 amide bonds. The normalized spacial score (nSPS) is 24.3. The van der Waals surface area contributed by atoms with E-state index in [0.29, 0.717) is 54.8 Å². The number of carbonyl (C=O) groups excluding carboxylic acids is 2. The van der Waals surface area contributed by atoms with Gasteiger partial charge in [0.05, 0.1) is 11.7 Å². The predicted octanol–water partition coefficient (Wildman–Crippen LogP) is 3.73. The number of ketones is 2. The van der Waals surface area contributed by atoms with E-state index in [0.717, 1.165) is 12.0 Å². The molecule has 2 aliphatic carbocycles. The van der Waals surface area contributed by atoms with Crippen molar-refractivity contribution in [2.75, 3.05) is 0 Å². The van der Waals surface area contributed by atoms with Crippen LogP contribution in [0.1, 0.15) is 50.0 Å². The van der Waals surface area contributed by atoms with Crippen molar-refractivity contribution < 1.29 is 19.4 Å². The summed E-state index contributed by atoms with van der Waals surface area (Å²) in [5.41, 5.74) is 1.78. The minimum Gasteiger partial charge on any atom is -0.512 e. The van der Waals surface area contributed by atoms with Crippen molar-refractivity contribution in [1.82, 2.24) is 0 Å². The van der Waals surface area contributed by atoms with Crippen molar-refractivity contribution in [1.29, 1.82) is 0 Å². The molecule has 118 valence electrons. The lowest BCUT2D eigenvalue weighted by Gasteiger charge is -2.34. The molecule has 0 saturated carbocycles. The number of ether oxygens (including phenoxy) is 1. The number of fused-ring (bicyclic) bond motifs is 1. The molecule has 0 spiro atoms. The summed E-state index contributed by atoms with van der Waals surface area (Å²) in [6.07, 6.45) is 3.54. The molecule has 0 bridgehead atoms. The SMILES string of the molecule is O=C1CCCC(O)=C1[C@H]1C2=C(CCCC2=O)Oc2ccccc21. The van der Waals surface area contributed by atoms with Gasteiger partial charge in [0.25, 0.3) is 0 Å². The molecule has 1 aromatic rings. The van der Waals surface area contributed by atoms with Gasteiger partial charge in [0.1, 0.15) is 11.5 Å². The van der Waals surface area contributed by atoms with Crippen molar-refractivity contribution in [3.8, 4) is 5.75 Å². The fourth-order valence-electron chi connectivity index (χ4n) is 3.84. The highest BCUT2D eigenvalue weighted by molar-refractivity contribution is 6.05. The Bertz CT molecular complexity index is 769. The van der Waals surface area contributed by atoms with Gasteiger partial charge in [0, 0.05) is 42.4 Å². The predicted molar refractivity (Wildman–Crippen MR) is 84.2 cm³/mol. The average Bonchev–Trinajstić information content (AvgIpc) is 2.54.